The molecule has 0 aliphatic carbocycles. The van der Waals surface area contributed by atoms with Gasteiger partial charge in [0.2, 0.25) is 5.91 Å². The molecule has 130 valence electrons. The van der Waals surface area contributed by atoms with Gasteiger partial charge in [0.1, 0.15) is 0 Å². The van der Waals surface area contributed by atoms with Gasteiger partial charge in [0.15, 0.2) is 11.5 Å². The molecule has 25 heavy (non-hydrogen) atoms. The fraction of sp³-hybridized carbons (Fsp3) is 0.300. The predicted molar refractivity (Wildman–Crippen MR) is 94.9 cm³/mol. The average Bonchev–Trinajstić information content (AvgIpc) is 3.03. The largest absolute Gasteiger partial charge is 0.493 e. The third-order valence-corrected chi connectivity index (χ3v) is 4.40. The van der Waals surface area contributed by atoms with Gasteiger partial charge in [-0.05, 0) is 30.2 Å². The van der Waals surface area contributed by atoms with Gasteiger partial charge in [-0.15, -0.1) is 0 Å². The highest BCUT2D eigenvalue weighted by molar-refractivity contribution is 6.00. The van der Waals surface area contributed by atoms with Crippen LogP contribution in [0.2, 0.25) is 0 Å². The highest BCUT2D eigenvalue weighted by Gasteiger charge is 2.37. The number of hydrogen-bond donors (Lipinski definition) is 0. The molecule has 5 nitrogen and oxygen atoms in total. The molecule has 1 heterocycles. The van der Waals surface area contributed by atoms with Crippen LogP contribution in [0.1, 0.15) is 18.9 Å². The molecule has 0 unspecified atom stereocenters. The lowest BCUT2D eigenvalue weighted by atomic mass is 10.1. The summed E-state index contributed by atoms with van der Waals surface area (Å²) >= 11 is 0. The molecule has 1 aliphatic rings. The smallest absolute Gasteiger partial charge is 0.316 e. The van der Waals surface area contributed by atoms with Crippen molar-refractivity contribution in [3.8, 4) is 11.5 Å². The van der Waals surface area contributed by atoms with Crippen molar-refractivity contribution >= 4 is 17.6 Å². The standard InChI is InChI=1S/C20H21NO4/c1-3-14-8-4-5-9-16(14)21-13-15(12-19(21)22)20(23)25-18-11-7-6-10-17(18)24-2/h4-11,15H,3,12-13H2,1-2H3/t15-/m0/s1. The van der Waals surface area contributed by atoms with Crippen LogP contribution in [0.3, 0.4) is 0 Å². The predicted octanol–water partition coefficient (Wildman–Crippen LogP) is 3.22. The van der Waals surface area contributed by atoms with E-state index in [1.165, 1.54) is 7.11 Å². The topological polar surface area (TPSA) is 55.8 Å². The first-order valence-electron chi connectivity index (χ1n) is 8.37. The Labute approximate surface area is 147 Å². The molecule has 0 saturated carbocycles. The summed E-state index contributed by atoms with van der Waals surface area (Å²) in [6.07, 6.45) is 0.988. The lowest BCUT2D eigenvalue weighted by molar-refractivity contribution is -0.139. The minimum atomic E-state index is -0.484. The zero-order chi connectivity index (χ0) is 17.8. The third-order valence-electron chi connectivity index (χ3n) is 4.40. The van der Waals surface area contributed by atoms with Crippen LogP contribution in [-0.4, -0.2) is 25.5 Å². The molecule has 5 heteroatoms. The second kappa shape index (κ2) is 7.38. The summed E-state index contributed by atoms with van der Waals surface area (Å²) in [6.45, 7) is 2.39. The Morgan fingerprint density at radius 1 is 1.12 bits per heavy atom. The van der Waals surface area contributed by atoms with Crippen molar-refractivity contribution in [2.75, 3.05) is 18.6 Å². The number of para-hydroxylation sites is 3. The molecule has 0 N–H and O–H groups in total. The van der Waals surface area contributed by atoms with Gasteiger partial charge >= 0.3 is 5.97 Å². The van der Waals surface area contributed by atoms with Crippen LogP contribution in [0, 0.1) is 5.92 Å². The van der Waals surface area contributed by atoms with Crippen molar-refractivity contribution in [2.45, 2.75) is 19.8 Å². The van der Waals surface area contributed by atoms with Gasteiger partial charge in [-0.25, -0.2) is 0 Å². The number of ether oxygens (including phenoxy) is 2. The molecule has 1 saturated heterocycles. The van der Waals surface area contributed by atoms with E-state index in [9.17, 15) is 9.59 Å². The maximum absolute atomic E-state index is 12.5. The first-order chi connectivity index (χ1) is 12.1. The molecule has 1 atom stereocenters. The number of aryl methyl sites for hydroxylation is 1. The van der Waals surface area contributed by atoms with Gasteiger partial charge in [0.25, 0.3) is 0 Å². The minimum Gasteiger partial charge on any atom is -0.493 e. The molecule has 2 aromatic carbocycles. The van der Waals surface area contributed by atoms with E-state index < -0.39 is 11.9 Å². The Bertz CT molecular complexity index is 787. The van der Waals surface area contributed by atoms with Crippen molar-refractivity contribution in [3.05, 3.63) is 54.1 Å². The minimum absolute atomic E-state index is 0.0529. The van der Waals surface area contributed by atoms with Crippen molar-refractivity contribution in [1.29, 1.82) is 0 Å². The highest BCUT2D eigenvalue weighted by atomic mass is 16.6. The third kappa shape index (κ3) is 3.50. The maximum atomic E-state index is 12.5. The van der Waals surface area contributed by atoms with Crippen molar-refractivity contribution < 1.29 is 19.1 Å². The summed E-state index contributed by atoms with van der Waals surface area (Å²) in [5.41, 5.74) is 1.97. The number of carbonyl (C=O) groups excluding carboxylic acids is 2. The average molecular weight is 339 g/mol. The molecule has 1 fully saturated rings. The monoisotopic (exact) mass is 339 g/mol. The van der Waals surface area contributed by atoms with Crippen LogP contribution in [0.25, 0.3) is 0 Å². The SMILES string of the molecule is CCc1ccccc1N1C[C@@H](C(=O)Oc2ccccc2OC)CC1=O. The number of methoxy groups -OCH3 is 1. The lowest BCUT2D eigenvalue weighted by Crippen LogP contribution is -2.28. The fourth-order valence-electron chi connectivity index (χ4n) is 3.07. The normalized spacial score (nSPS) is 16.8. The van der Waals surface area contributed by atoms with Gasteiger partial charge in [0, 0.05) is 18.7 Å². The van der Waals surface area contributed by atoms with Crippen LogP contribution >= 0.6 is 0 Å². The number of rotatable bonds is 5. The molecule has 0 aromatic heterocycles. The second-order valence-corrected chi connectivity index (χ2v) is 5.96. The second-order valence-electron chi connectivity index (χ2n) is 5.96. The van der Waals surface area contributed by atoms with Gasteiger partial charge in [-0.2, -0.15) is 0 Å². The molecule has 0 spiro atoms. The molecule has 2 aromatic rings. The van der Waals surface area contributed by atoms with Gasteiger partial charge < -0.3 is 14.4 Å². The van der Waals surface area contributed by atoms with Crippen molar-refractivity contribution in [2.24, 2.45) is 5.92 Å². The van der Waals surface area contributed by atoms with E-state index in [-0.39, 0.29) is 12.3 Å². The maximum Gasteiger partial charge on any atom is 0.316 e. The number of amides is 1. The number of carbonyl (C=O) groups is 2. The van der Waals surface area contributed by atoms with E-state index in [0.29, 0.717) is 18.0 Å². The molecule has 1 aliphatic heterocycles. The number of hydrogen-bond acceptors (Lipinski definition) is 4. The van der Waals surface area contributed by atoms with Gasteiger partial charge in [0.05, 0.1) is 13.0 Å². The van der Waals surface area contributed by atoms with Crippen LogP contribution in [0.5, 0.6) is 11.5 Å². The van der Waals surface area contributed by atoms with Gasteiger partial charge in [-0.3, -0.25) is 9.59 Å². The van der Waals surface area contributed by atoms with E-state index in [1.54, 1.807) is 29.2 Å². The van der Waals surface area contributed by atoms with Gasteiger partial charge in [-0.1, -0.05) is 37.3 Å². The summed E-state index contributed by atoms with van der Waals surface area (Å²) < 4.78 is 10.7. The molecule has 3 rings (SSSR count). The molecular formula is C20H21NO4. The van der Waals surface area contributed by atoms with E-state index in [0.717, 1.165) is 17.7 Å². The Morgan fingerprint density at radius 3 is 2.52 bits per heavy atom. The summed E-state index contributed by atoms with van der Waals surface area (Å²) in [5, 5.41) is 0. The molecule has 0 bridgehead atoms. The Hall–Kier alpha value is -2.82. The Kier molecular flexibility index (Phi) is 5.03. The number of benzene rings is 2. The van der Waals surface area contributed by atoms with Crippen LogP contribution < -0.4 is 14.4 Å². The Morgan fingerprint density at radius 2 is 1.80 bits per heavy atom. The summed E-state index contributed by atoms with van der Waals surface area (Å²) in [5.74, 6) is -0.0808. The van der Waals surface area contributed by atoms with Crippen LogP contribution in [0.4, 0.5) is 5.69 Å². The van der Waals surface area contributed by atoms with E-state index in [2.05, 4.69) is 0 Å². The van der Waals surface area contributed by atoms with Crippen LogP contribution in [0.15, 0.2) is 48.5 Å². The van der Waals surface area contributed by atoms with Crippen LogP contribution in [-0.2, 0) is 16.0 Å². The van der Waals surface area contributed by atoms with E-state index in [1.807, 2.05) is 31.2 Å². The Balaban J connectivity index is 1.75. The fourth-order valence-corrected chi connectivity index (χ4v) is 3.07. The number of esters is 1. The summed E-state index contributed by atoms with van der Waals surface area (Å²) in [4.78, 5) is 26.6. The summed E-state index contributed by atoms with van der Waals surface area (Å²) in [7, 11) is 1.52. The lowest BCUT2D eigenvalue weighted by Gasteiger charge is -2.19. The molecule has 0 radical (unpaired) electrons. The van der Waals surface area contributed by atoms with Crippen molar-refractivity contribution in [1.82, 2.24) is 0 Å². The molecular weight excluding hydrogens is 318 g/mol. The zero-order valence-electron chi connectivity index (χ0n) is 14.4. The summed E-state index contributed by atoms with van der Waals surface area (Å²) in [6, 6.07) is 14.8. The molecule has 1 amide bonds. The quantitative estimate of drug-likeness (QED) is 0.620. The first-order valence-corrected chi connectivity index (χ1v) is 8.37. The van der Waals surface area contributed by atoms with E-state index >= 15 is 0 Å². The van der Waals surface area contributed by atoms with Crippen molar-refractivity contribution in [3.63, 3.8) is 0 Å². The number of anilines is 1. The first kappa shape index (κ1) is 17.0. The zero-order valence-corrected chi connectivity index (χ0v) is 14.4. The highest BCUT2D eigenvalue weighted by Crippen LogP contribution is 2.31. The number of nitrogens with zero attached hydrogens (tertiary/aromatic N) is 1. The van der Waals surface area contributed by atoms with E-state index in [4.69, 9.17) is 9.47 Å².